The van der Waals surface area contributed by atoms with Crippen molar-refractivity contribution in [1.29, 1.82) is 0 Å². The fourth-order valence-corrected chi connectivity index (χ4v) is 2.67. The molecule has 0 unspecified atom stereocenters. The van der Waals surface area contributed by atoms with Crippen molar-refractivity contribution in [1.82, 2.24) is 0 Å². The number of fused-ring (bicyclic) bond motifs is 1. The lowest BCUT2D eigenvalue weighted by Crippen LogP contribution is -2.10. The fraction of sp³-hybridized carbons (Fsp3) is 0.571. The van der Waals surface area contributed by atoms with Gasteiger partial charge in [0.2, 0.25) is 0 Å². The van der Waals surface area contributed by atoms with Gasteiger partial charge in [0.25, 0.3) is 0 Å². The van der Waals surface area contributed by atoms with E-state index in [0.29, 0.717) is 5.92 Å². The van der Waals surface area contributed by atoms with Gasteiger partial charge in [-0.3, -0.25) is 0 Å². The van der Waals surface area contributed by atoms with Gasteiger partial charge in [-0.1, -0.05) is 19.9 Å². The minimum absolute atomic E-state index is 0.655. The summed E-state index contributed by atoms with van der Waals surface area (Å²) >= 11 is 0. The molecular formula is C14H21N. The molecule has 0 aliphatic heterocycles. The van der Waals surface area contributed by atoms with E-state index in [1.807, 2.05) is 7.05 Å². The molecule has 0 fully saturated rings. The molecule has 15 heavy (non-hydrogen) atoms. The summed E-state index contributed by atoms with van der Waals surface area (Å²) in [7, 11) is 2.03. The Kier molecular flexibility index (Phi) is 2.99. The smallest absolute Gasteiger partial charge is 0.0373 e. The number of hydrogen-bond donors (Lipinski definition) is 1. The SMILES string of the molecule is CNc1ccc(C(C)C)c2c1CCCC2. The predicted molar refractivity (Wildman–Crippen MR) is 66.7 cm³/mol. The Morgan fingerprint density at radius 1 is 1.07 bits per heavy atom. The van der Waals surface area contributed by atoms with E-state index >= 15 is 0 Å². The summed E-state index contributed by atoms with van der Waals surface area (Å²) in [6, 6.07) is 4.56. The van der Waals surface area contributed by atoms with Crippen molar-refractivity contribution >= 4 is 5.69 Å². The van der Waals surface area contributed by atoms with Crippen molar-refractivity contribution in [3.63, 3.8) is 0 Å². The van der Waals surface area contributed by atoms with Gasteiger partial charge >= 0.3 is 0 Å². The van der Waals surface area contributed by atoms with Crippen LogP contribution in [-0.2, 0) is 12.8 Å². The quantitative estimate of drug-likeness (QED) is 0.772. The lowest BCUT2D eigenvalue weighted by atomic mass is 9.83. The molecule has 1 nitrogen and oxygen atoms in total. The Morgan fingerprint density at radius 3 is 2.33 bits per heavy atom. The van der Waals surface area contributed by atoms with Crippen LogP contribution in [0.15, 0.2) is 12.1 Å². The van der Waals surface area contributed by atoms with Crippen molar-refractivity contribution in [3.8, 4) is 0 Å². The zero-order valence-corrected chi connectivity index (χ0v) is 10.1. The van der Waals surface area contributed by atoms with Crippen LogP contribution in [0.25, 0.3) is 0 Å². The fourth-order valence-electron chi connectivity index (χ4n) is 2.67. The molecule has 0 amide bonds. The summed E-state index contributed by atoms with van der Waals surface area (Å²) in [4.78, 5) is 0. The maximum Gasteiger partial charge on any atom is 0.0373 e. The Balaban J connectivity index is 2.52. The van der Waals surface area contributed by atoms with E-state index in [4.69, 9.17) is 0 Å². The minimum atomic E-state index is 0.655. The molecule has 1 aromatic carbocycles. The maximum atomic E-state index is 3.32. The summed E-state index contributed by atoms with van der Waals surface area (Å²) in [5.41, 5.74) is 6.11. The van der Waals surface area contributed by atoms with E-state index in [0.717, 1.165) is 0 Å². The number of anilines is 1. The van der Waals surface area contributed by atoms with Gasteiger partial charge in [-0.15, -0.1) is 0 Å². The standard InChI is InChI=1S/C14H21N/c1-10(2)11-8-9-14(15-3)13-7-5-4-6-12(11)13/h8-10,15H,4-7H2,1-3H3. The topological polar surface area (TPSA) is 12.0 Å². The highest BCUT2D eigenvalue weighted by molar-refractivity contribution is 5.58. The first-order chi connectivity index (χ1) is 7.24. The molecule has 0 heterocycles. The third-order valence-electron chi connectivity index (χ3n) is 3.46. The van der Waals surface area contributed by atoms with Crippen LogP contribution in [0.4, 0.5) is 5.69 Å². The summed E-state index contributed by atoms with van der Waals surface area (Å²) in [5, 5.41) is 3.32. The van der Waals surface area contributed by atoms with E-state index in [1.165, 1.54) is 31.4 Å². The van der Waals surface area contributed by atoms with Crippen LogP contribution in [0.5, 0.6) is 0 Å². The number of nitrogens with one attached hydrogen (secondary N) is 1. The second kappa shape index (κ2) is 4.26. The van der Waals surface area contributed by atoms with Crippen molar-refractivity contribution in [2.45, 2.75) is 45.4 Å². The predicted octanol–water partition coefficient (Wildman–Crippen LogP) is 3.73. The Hall–Kier alpha value is -0.980. The van der Waals surface area contributed by atoms with Gasteiger partial charge in [-0.05, 0) is 54.4 Å². The molecule has 1 aliphatic rings. The summed E-state index contributed by atoms with van der Waals surface area (Å²) in [5.74, 6) is 0.655. The van der Waals surface area contributed by atoms with Gasteiger partial charge < -0.3 is 5.32 Å². The van der Waals surface area contributed by atoms with Crippen LogP contribution in [0.2, 0.25) is 0 Å². The van der Waals surface area contributed by atoms with E-state index in [1.54, 1.807) is 16.7 Å². The molecule has 0 spiro atoms. The normalized spacial score (nSPS) is 15.2. The molecular weight excluding hydrogens is 182 g/mol. The van der Waals surface area contributed by atoms with Crippen molar-refractivity contribution < 1.29 is 0 Å². The minimum Gasteiger partial charge on any atom is -0.388 e. The first-order valence-electron chi connectivity index (χ1n) is 6.06. The highest BCUT2D eigenvalue weighted by atomic mass is 14.8. The highest BCUT2D eigenvalue weighted by Crippen LogP contribution is 2.33. The van der Waals surface area contributed by atoms with Gasteiger partial charge in [-0.2, -0.15) is 0 Å². The highest BCUT2D eigenvalue weighted by Gasteiger charge is 2.17. The second-order valence-corrected chi connectivity index (χ2v) is 4.77. The van der Waals surface area contributed by atoms with Crippen LogP contribution >= 0.6 is 0 Å². The van der Waals surface area contributed by atoms with Gasteiger partial charge in [0.05, 0.1) is 0 Å². The molecule has 0 aromatic heterocycles. The zero-order valence-electron chi connectivity index (χ0n) is 10.1. The van der Waals surface area contributed by atoms with Crippen LogP contribution in [0.1, 0.15) is 49.3 Å². The third kappa shape index (κ3) is 1.88. The summed E-state index contributed by atoms with van der Waals surface area (Å²) in [6.45, 7) is 4.59. The summed E-state index contributed by atoms with van der Waals surface area (Å²) in [6.07, 6.45) is 5.24. The molecule has 1 N–H and O–H groups in total. The third-order valence-corrected chi connectivity index (χ3v) is 3.46. The Labute approximate surface area is 92.9 Å². The number of benzene rings is 1. The van der Waals surface area contributed by atoms with Gasteiger partial charge in [-0.25, -0.2) is 0 Å². The van der Waals surface area contributed by atoms with Crippen molar-refractivity contribution in [2.24, 2.45) is 0 Å². The first kappa shape index (κ1) is 10.5. The molecule has 0 bridgehead atoms. The zero-order chi connectivity index (χ0) is 10.8. The molecule has 0 saturated heterocycles. The molecule has 0 radical (unpaired) electrons. The lowest BCUT2D eigenvalue weighted by Gasteiger charge is -2.24. The van der Waals surface area contributed by atoms with Crippen LogP contribution in [-0.4, -0.2) is 7.05 Å². The molecule has 2 rings (SSSR count). The Bertz CT molecular complexity index is 353. The van der Waals surface area contributed by atoms with Gasteiger partial charge in [0.1, 0.15) is 0 Å². The number of hydrogen-bond acceptors (Lipinski definition) is 1. The van der Waals surface area contributed by atoms with E-state index < -0.39 is 0 Å². The summed E-state index contributed by atoms with van der Waals surface area (Å²) < 4.78 is 0. The Morgan fingerprint density at radius 2 is 1.73 bits per heavy atom. The monoisotopic (exact) mass is 203 g/mol. The maximum absolute atomic E-state index is 3.32. The van der Waals surface area contributed by atoms with Crippen LogP contribution in [0.3, 0.4) is 0 Å². The second-order valence-electron chi connectivity index (χ2n) is 4.77. The van der Waals surface area contributed by atoms with E-state index in [-0.39, 0.29) is 0 Å². The van der Waals surface area contributed by atoms with Crippen LogP contribution in [0, 0.1) is 0 Å². The molecule has 1 aliphatic carbocycles. The number of rotatable bonds is 2. The van der Waals surface area contributed by atoms with Gasteiger partial charge in [0.15, 0.2) is 0 Å². The molecule has 1 aromatic rings. The van der Waals surface area contributed by atoms with E-state index in [2.05, 4.69) is 31.3 Å². The van der Waals surface area contributed by atoms with Crippen LogP contribution < -0.4 is 5.32 Å². The average molecular weight is 203 g/mol. The first-order valence-corrected chi connectivity index (χ1v) is 6.06. The van der Waals surface area contributed by atoms with Crippen molar-refractivity contribution in [3.05, 3.63) is 28.8 Å². The molecule has 0 atom stereocenters. The van der Waals surface area contributed by atoms with Gasteiger partial charge in [0, 0.05) is 12.7 Å². The van der Waals surface area contributed by atoms with Crippen molar-refractivity contribution in [2.75, 3.05) is 12.4 Å². The molecule has 1 heteroatoms. The molecule has 82 valence electrons. The van der Waals surface area contributed by atoms with E-state index in [9.17, 15) is 0 Å². The lowest BCUT2D eigenvalue weighted by molar-refractivity contribution is 0.672. The average Bonchev–Trinajstić information content (AvgIpc) is 2.27. The largest absolute Gasteiger partial charge is 0.388 e. The molecule has 0 saturated carbocycles.